The van der Waals surface area contributed by atoms with E-state index in [0.717, 1.165) is 37.5 Å². The summed E-state index contributed by atoms with van der Waals surface area (Å²) in [6.45, 7) is 7.16. The number of hydrogen-bond acceptors (Lipinski definition) is 2. The van der Waals surface area contributed by atoms with Gasteiger partial charge in [0, 0.05) is 6.42 Å². The second-order valence-corrected chi connectivity index (χ2v) is 9.05. The van der Waals surface area contributed by atoms with E-state index in [9.17, 15) is 9.90 Å². The summed E-state index contributed by atoms with van der Waals surface area (Å²) in [5.74, 6) is 4.52. The van der Waals surface area contributed by atoms with Gasteiger partial charge in [0.05, 0.1) is 6.10 Å². The fraction of sp³-hybridized carbons (Fsp3) is 0.850. The molecule has 8 unspecified atom stereocenters. The first-order chi connectivity index (χ1) is 10.4. The Labute approximate surface area is 134 Å². The number of aliphatic hydroxyl groups is 1. The number of allylic oxidation sites excluding steroid dienone is 1. The van der Waals surface area contributed by atoms with Crippen LogP contribution in [0.4, 0.5) is 0 Å². The Morgan fingerprint density at radius 3 is 2.68 bits per heavy atom. The molecule has 0 bridgehead atoms. The zero-order valence-electron chi connectivity index (χ0n) is 14.2. The standard InChI is InChI=1S/C20H30O2/c1-11-8-13-9-14(21)4-5-15(13)18-12(2)10-20(3)16(19(11)18)6-7-17(20)22/h9,11-12,15-19,22H,4-8,10H2,1-3H3. The van der Waals surface area contributed by atoms with Gasteiger partial charge in [-0.1, -0.05) is 26.3 Å². The van der Waals surface area contributed by atoms with Crippen LogP contribution in [0.3, 0.4) is 0 Å². The van der Waals surface area contributed by atoms with Crippen molar-refractivity contribution in [3.8, 4) is 0 Å². The Balaban J connectivity index is 1.73. The zero-order valence-corrected chi connectivity index (χ0v) is 14.2. The maximum atomic E-state index is 11.8. The molecule has 0 aromatic rings. The molecule has 4 aliphatic carbocycles. The van der Waals surface area contributed by atoms with Crippen LogP contribution in [-0.2, 0) is 4.79 Å². The molecule has 4 rings (SSSR count). The molecule has 0 heterocycles. The first-order valence-electron chi connectivity index (χ1n) is 9.33. The fourth-order valence-corrected chi connectivity index (χ4v) is 7.11. The van der Waals surface area contributed by atoms with Crippen molar-refractivity contribution in [3.63, 3.8) is 0 Å². The highest BCUT2D eigenvalue weighted by Gasteiger charge is 2.59. The number of carbonyl (C=O) groups excluding carboxylic acids is 1. The molecular weight excluding hydrogens is 272 g/mol. The molecule has 4 aliphatic rings. The first kappa shape index (κ1) is 14.9. The molecule has 0 aromatic carbocycles. The number of aliphatic hydroxyl groups excluding tert-OH is 1. The van der Waals surface area contributed by atoms with Gasteiger partial charge >= 0.3 is 0 Å². The lowest BCUT2D eigenvalue weighted by Crippen LogP contribution is -2.53. The highest BCUT2D eigenvalue weighted by atomic mass is 16.3. The SMILES string of the molecule is CC1CC2(C)C(O)CCC2C2C(C)CC3=CC(=O)CCC3C12. The van der Waals surface area contributed by atoms with Gasteiger partial charge in [0.1, 0.15) is 0 Å². The van der Waals surface area contributed by atoms with Crippen molar-refractivity contribution in [1.29, 1.82) is 0 Å². The van der Waals surface area contributed by atoms with Gasteiger partial charge in [0.15, 0.2) is 5.78 Å². The zero-order chi connectivity index (χ0) is 15.6. The van der Waals surface area contributed by atoms with E-state index in [0.29, 0.717) is 29.5 Å². The minimum absolute atomic E-state index is 0.0991. The molecule has 3 saturated carbocycles. The van der Waals surface area contributed by atoms with Crippen LogP contribution in [-0.4, -0.2) is 17.0 Å². The summed E-state index contributed by atoms with van der Waals surface area (Å²) in [6, 6.07) is 0. The van der Waals surface area contributed by atoms with E-state index in [1.165, 1.54) is 18.4 Å². The Hall–Kier alpha value is -0.630. The number of hydrogen-bond donors (Lipinski definition) is 1. The van der Waals surface area contributed by atoms with Crippen molar-refractivity contribution in [2.45, 2.75) is 65.4 Å². The van der Waals surface area contributed by atoms with Gasteiger partial charge in [-0.3, -0.25) is 4.79 Å². The van der Waals surface area contributed by atoms with Gasteiger partial charge in [0.2, 0.25) is 0 Å². The van der Waals surface area contributed by atoms with Gasteiger partial charge in [-0.05, 0) is 79.1 Å². The summed E-state index contributed by atoms with van der Waals surface area (Å²) in [4.78, 5) is 11.8. The summed E-state index contributed by atoms with van der Waals surface area (Å²) in [5.41, 5.74) is 1.60. The lowest BCUT2D eigenvalue weighted by Gasteiger charge is -2.58. The van der Waals surface area contributed by atoms with E-state index in [4.69, 9.17) is 0 Å². The molecule has 1 N–H and O–H groups in total. The maximum absolute atomic E-state index is 11.8. The van der Waals surface area contributed by atoms with E-state index < -0.39 is 0 Å². The van der Waals surface area contributed by atoms with E-state index >= 15 is 0 Å². The third-order valence-corrected chi connectivity index (χ3v) is 7.89. The highest BCUT2D eigenvalue weighted by molar-refractivity contribution is 5.91. The molecule has 0 saturated heterocycles. The molecule has 0 aliphatic heterocycles. The molecule has 2 nitrogen and oxygen atoms in total. The minimum atomic E-state index is -0.0991. The topological polar surface area (TPSA) is 37.3 Å². The predicted molar refractivity (Wildman–Crippen MR) is 87.2 cm³/mol. The Kier molecular flexibility index (Phi) is 3.35. The van der Waals surface area contributed by atoms with E-state index in [1.54, 1.807) is 0 Å². The molecule has 3 fully saturated rings. The molecular formula is C20H30O2. The number of fused-ring (bicyclic) bond motifs is 5. The summed E-state index contributed by atoms with van der Waals surface area (Å²) in [7, 11) is 0. The Morgan fingerprint density at radius 1 is 1.14 bits per heavy atom. The normalized spacial score (nSPS) is 54.3. The van der Waals surface area contributed by atoms with Crippen molar-refractivity contribution >= 4 is 5.78 Å². The highest BCUT2D eigenvalue weighted by Crippen LogP contribution is 2.64. The summed E-state index contributed by atoms with van der Waals surface area (Å²) in [5, 5.41) is 10.6. The molecule has 2 heteroatoms. The number of carbonyl (C=O) groups is 1. The van der Waals surface area contributed by atoms with E-state index in [2.05, 4.69) is 20.8 Å². The largest absolute Gasteiger partial charge is 0.393 e. The average molecular weight is 302 g/mol. The second-order valence-electron chi connectivity index (χ2n) is 9.05. The minimum Gasteiger partial charge on any atom is -0.393 e. The fourth-order valence-electron chi connectivity index (χ4n) is 7.11. The molecule has 22 heavy (non-hydrogen) atoms. The molecule has 0 radical (unpaired) electrons. The van der Waals surface area contributed by atoms with Crippen LogP contribution in [0.2, 0.25) is 0 Å². The molecule has 0 aromatic heterocycles. The van der Waals surface area contributed by atoms with Crippen LogP contribution in [0.25, 0.3) is 0 Å². The van der Waals surface area contributed by atoms with Crippen molar-refractivity contribution in [3.05, 3.63) is 11.6 Å². The van der Waals surface area contributed by atoms with Crippen LogP contribution < -0.4 is 0 Å². The van der Waals surface area contributed by atoms with Crippen LogP contribution in [0.5, 0.6) is 0 Å². The van der Waals surface area contributed by atoms with Gasteiger partial charge < -0.3 is 5.11 Å². The van der Waals surface area contributed by atoms with Crippen LogP contribution in [0, 0.1) is 40.9 Å². The predicted octanol–water partition coefficient (Wildman–Crippen LogP) is 3.98. The maximum Gasteiger partial charge on any atom is 0.155 e. The monoisotopic (exact) mass is 302 g/mol. The summed E-state index contributed by atoms with van der Waals surface area (Å²) < 4.78 is 0. The lowest BCUT2D eigenvalue weighted by molar-refractivity contribution is -0.118. The van der Waals surface area contributed by atoms with Gasteiger partial charge in [-0.15, -0.1) is 0 Å². The van der Waals surface area contributed by atoms with Gasteiger partial charge in [0.25, 0.3) is 0 Å². The van der Waals surface area contributed by atoms with E-state index in [1.807, 2.05) is 6.08 Å². The molecule has 0 amide bonds. The average Bonchev–Trinajstić information content (AvgIpc) is 2.74. The second kappa shape index (κ2) is 4.93. The Morgan fingerprint density at radius 2 is 1.91 bits per heavy atom. The number of rotatable bonds is 0. The lowest BCUT2D eigenvalue weighted by atomic mass is 9.47. The van der Waals surface area contributed by atoms with Gasteiger partial charge in [-0.25, -0.2) is 0 Å². The van der Waals surface area contributed by atoms with Crippen molar-refractivity contribution < 1.29 is 9.90 Å². The smallest absolute Gasteiger partial charge is 0.155 e. The third kappa shape index (κ3) is 1.92. The third-order valence-electron chi connectivity index (χ3n) is 7.89. The summed E-state index contributed by atoms with van der Waals surface area (Å²) in [6.07, 6.45) is 8.22. The van der Waals surface area contributed by atoms with Crippen molar-refractivity contribution in [1.82, 2.24) is 0 Å². The summed E-state index contributed by atoms with van der Waals surface area (Å²) >= 11 is 0. The van der Waals surface area contributed by atoms with Crippen LogP contribution in [0.15, 0.2) is 11.6 Å². The van der Waals surface area contributed by atoms with Crippen molar-refractivity contribution in [2.24, 2.45) is 40.9 Å². The first-order valence-corrected chi connectivity index (χ1v) is 9.33. The van der Waals surface area contributed by atoms with Crippen molar-refractivity contribution in [2.75, 3.05) is 0 Å². The molecule has 8 atom stereocenters. The van der Waals surface area contributed by atoms with Crippen LogP contribution >= 0.6 is 0 Å². The molecule has 122 valence electrons. The van der Waals surface area contributed by atoms with Gasteiger partial charge in [-0.2, -0.15) is 0 Å². The molecule has 0 spiro atoms. The quantitative estimate of drug-likeness (QED) is 0.735. The van der Waals surface area contributed by atoms with Crippen LogP contribution in [0.1, 0.15) is 59.3 Å². The van der Waals surface area contributed by atoms with E-state index in [-0.39, 0.29) is 11.5 Å². The number of ketones is 1. The Bertz CT molecular complexity index is 522.